The van der Waals surface area contributed by atoms with E-state index in [1.807, 2.05) is 42.5 Å². The molecule has 1 aliphatic heterocycles. The van der Waals surface area contributed by atoms with Crippen molar-refractivity contribution in [2.24, 2.45) is 4.99 Å². The van der Waals surface area contributed by atoms with Crippen LogP contribution in [-0.2, 0) is 16.0 Å². The molecule has 0 aliphatic carbocycles. The average Bonchev–Trinajstić information content (AvgIpc) is 3.08. The number of halogens is 1. The Hall–Kier alpha value is -4.96. The molecule has 0 saturated carbocycles. The number of anilines is 1. The third kappa shape index (κ3) is 6.12. The molecule has 9 nitrogen and oxygen atoms in total. The number of benzene rings is 4. The van der Waals surface area contributed by atoms with Crippen LogP contribution in [-0.4, -0.2) is 40.9 Å². The molecule has 1 heterocycles. The minimum absolute atomic E-state index is 0.00149. The third-order valence-corrected chi connectivity index (χ3v) is 7.00. The zero-order valence-corrected chi connectivity index (χ0v) is 23.2. The van der Waals surface area contributed by atoms with Gasteiger partial charge in [0.1, 0.15) is 0 Å². The van der Waals surface area contributed by atoms with E-state index in [4.69, 9.17) is 4.99 Å². The Bertz CT molecular complexity index is 1690. The number of nitro benzene ring substituents is 1. The number of amides is 2. The van der Waals surface area contributed by atoms with Gasteiger partial charge in [0.05, 0.1) is 34.9 Å². The molecule has 0 aromatic heterocycles. The summed E-state index contributed by atoms with van der Waals surface area (Å²) in [6.07, 6.45) is -1.35. The van der Waals surface area contributed by atoms with Crippen LogP contribution in [0.25, 0.3) is 0 Å². The van der Waals surface area contributed by atoms with Crippen LogP contribution in [0.15, 0.2) is 113 Å². The standard InChI is InChI=1S/C31H23BrN4O5/c32-22-12-8-9-20(17-22)18-28(38)33-30-31(39)35(19-27(37)23-13-4-7-16-26(23)36(40)41)25-15-6-5-14-24(25)29(34-30)21-10-2-1-3-11-21/h1-17,30H,18-19H2,(H,33,38). The first-order valence-electron chi connectivity index (χ1n) is 12.7. The summed E-state index contributed by atoms with van der Waals surface area (Å²) in [5, 5.41) is 14.3. The number of carbonyl (C=O) groups excluding carboxylic acids is 3. The summed E-state index contributed by atoms with van der Waals surface area (Å²) in [6.45, 7) is -0.490. The molecule has 4 aromatic carbocycles. The highest BCUT2D eigenvalue weighted by Gasteiger charge is 2.35. The number of para-hydroxylation sites is 2. The highest BCUT2D eigenvalue weighted by molar-refractivity contribution is 9.10. The van der Waals surface area contributed by atoms with E-state index in [1.54, 1.807) is 36.4 Å². The predicted octanol–water partition coefficient (Wildman–Crippen LogP) is 5.11. The quantitative estimate of drug-likeness (QED) is 0.169. The number of nitrogens with zero attached hydrogens (tertiary/aromatic N) is 3. The molecular weight excluding hydrogens is 588 g/mol. The van der Waals surface area contributed by atoms with Crippen LogP contribution in [0, 0.1) is 10.1 Å². The second-order valence-electron chi connectivity index (χ2n) is 9.26. The summed E-state index contributed by atoms with van der Waals surface area (Å²) in [5.74, 6) is -1.70. The Morgan fingerprint density at radius 2 is 1.63 bits per heavy atom. The fraction of sp³-hybridized carbons (Fsp3) is 0.0968. The van der Waals surface area contributed by atoms with E-state index >= 15 is 0 Å². The second kappa shape index (κ2) is 12.1. The van der Waals surface area contributed by atoms with Crippen molar-refractivity contribution >= 4 is 50.6 Å². The van der Waals surface area contributed by atoms with Crippen molar-refractivity contribution in [1.29, 1.82) is 0 Å². The maximum absolute atomic E-state index is 14.0. The zero-order valence-electron chi connectivity index (χ0n) is 21.6. The number of Topliss-reactive ketones (excluding diaryl/α,β-unsaturated/α-hetero) is 1. The molecule has 10 heteroatoms. The molecule has 41 heavy (non-hydrogen) atoms. The monoisotopic (exact) mass is 610 g/mol. The number of hydrogen-bond acceptors (Lipinski definition) is 6. The number of nitro groups is 1. The van der Waals surface area contributed by atoms with E-state index < -0.39 is 35.2 Å². The van der Waals surface area contributed by atoms with Crippen LogP contribution in [0.4, 0.5) is 11.4 Å². The fourth-order valence-corrected chi connectivity index (χ4v) is 5.09. The largest absolute Gasteiger partial charge is 0.326 e. The second-order valence-corrected chi connectivity index (χ2v) is 10.2. The van der Waals surface area contributed by atoms with Gasteiger partial charge < -0.3 is 10.2 Å². The van der Waals surface area contributed by atoms with Gasteiger partial charge >= 0.3 is 0 Å². The Kier molecular flexibility index (Phi) is 8.11. The molecule has 0 fully saturated rings. The minimum Gasteiger partial charge on any atom is -0.326 e. The lowest BCUT2D eigenvalue weighted by molar-refractivity contribution is -0.385. The first-order chi connectivity index (χ1) is 19.8. The van der Waals surface area contributed by atoms with Crippen LogP contribution in [0.1, 0.15) is 27.0 Å². The number of nitrogens with one attached hydrogen (secondary N) is 1. The third-order valence-electron chi connectivity index (χ3n) is 6.51. The lowest BCUT2D eigenvalue weighted by Crippen LogP contribution is -2.49. The number of carbonyl (C=O) groups is 3. The van der Waals surface area contributed by atoms with Crippen LogP contribution < -0.4 is 10.2 Å². The van der Waals surface area contributed by atoms with E-state index in [2.05, 4.69) is 21.2 Å². The van der Waals surface area contributed by atoms with Gasteiger partial charge in [-0.05, 0) is 29.8 Å². The van der Waals surface area contributed by atoms with Crippen molar-refractivity contribution in [1.82, 2.24) is 5.32 Å². The van der Waals surface area contributed by atoms with E-state index in [0.29, 0.717) is 22.5 Å². The van der Waals surface area contributed by atoms with Crippen LogP contribution in [0.2, 0.25) is 0 Å². The van der Waals surface area contributed by atoms with E-state index in [1.165, 1.54) is 29.2 Å². The van der Waals surface area contributed by atoms with Crippen molar-refractivity contribution in [3.8, 4) is 0 Å². The molecule has 2 amide bonds. The molecule has 4 aromatic rings. The van der Waals surface area contributed by atoms with Crippen LogP contribution in [0.3, 0.4) is 0 Å². The summed E-state index contributed by atoms with van der Waals surface area (Å²) in [5.41, 5.74) is 2.41. The summed E-state index contributed by atoms with van der Waals surface area (Å²) >= 11 is 3.40. The lowest BCUT2D eigenvalue weighted by Gasteiger charge is -2.25. The van der Waals surface area contributed by atoms with Gasteiger partial charge in [-0.25, -0.2) is 4.99 Å². The molecule has 1 atom stereocenters. The first-order valence-corrected chi connectivity index (χ1v) is 13.5. The molecule has 204 valence electrons. The number of benzodiazepines with no additional fused rings is 1. The highest BCUT2D eigenvalue weighted by Crippen LogP contribution is 2.29. The first kappa shape index (κ1) is 27.6. The number of ketones is 1. The molecule has 1 unspecified atom stereocenters. The normalized spacial score (nSPS) is 14.5. The number of fused-ring (bicyclic) bond motifs is 1. The Balaban J connectivity index is 1.55. The summed E-state index contributed by atoms with van der Waals surface area (Å²) in [7, 11) is 0. The molecule has 0 spiro atoms. The van der Waals surface area contributed by atoms with Crippen molar-refractivity contribution in [3.63, 3.8) is 0 Å². The molecular formula is C31H23BrN4O5. The Morgan fingerprint density at radius 3 is 2.39 bits per heavy atom. The van der Waals surface area contributed by atoms with Gasteiger partial charge in [0, 0.05) is 21.7 Å². The van der Waals surface area contributed by atoms with Gasteiger partial charge in [-0.3, -0.25) is 24.5 Å². The van der Waals surface area contributed by atoms with Crippen molar-refractivity contribution < 1.29 is 19.3 Å². The van der Waals surface area contributed by atoms with Gasteiger partial charge in [0.25, 0.3) is 11.6 Å². The van der Waals surface area contributed by atoms with Gasteiger partial charge in [0.2, 0.25) is 12.1 Å². The maximum Gasteiger partial charge on any atom is 0.280 e. The number of aliphatic imine (C=N–C) groups is 1. The smallest absolute Gasteiger partial charge is 0.280 e. The molecule has 0 saturated heterocycles. The zero-order chi connectivity index (χ0) is 28.9. The molecule has 1 aliphatic rings. The minimum atomic E-state index is -1.35. The highest BCUT2D eigenvalue weighted by atomic mass is 79.9. The van der Waals surface area contributed by atoms with Crippen molar-refractivity contribution in [2.45, 2.75) is 12.6 Å². The fourth-order valence-electron chi connectivity index (χ4n) is 4.65. The van der Waals surface area contributed by atoms with E-state index in [0.717, 1.165) is 10.0 Å². The topological polar surface area (TPSA) is 122 Å². The number of rotatable bonds is 8. The lowest BCUT2D eigenvalue weighted by atomic mass is 10.00. The average molecular weight is 611 g/mol. The van der Waals surface area contributed by atoms with Crippen LogP contribution in [0.5, 0.6) is 0 Å². The van der Waals surface area contributed by atoms with Crippen molar-refractivity contribution in [3.05, 3.63) is 140 Å². The van der Waals surface area contributed by atoms with Gasteiger partial charge in [0.15, 0.2) is 5.78 Å². The maximum atomic E-state index is 14.0. The van der Waals surface area contributed by atoms with Gasteiger partial charge in [-0.1, -0.05) is 88.7 Å². The molecule has 0 radical (unpaired) electrons. The Labute approximate surface area is 243 Å². The summed E-state index contributed by atoms with van der Waals surface area (Å²) in [6, 6.07) is 29.0. The molecule has 0 bridgehead atoms. The van der Waals surface area contributed by atoms with Crippen molar-refractivity contribution in [2.75, 3.05) is 11.4 Å². The summed E-state index contributed by atoms with van der Waals surface area (Å²) in [4.78, 5) is 57.5. The predicted molar refractivity (Wildman–Crippen MR) is 158 cm³/mol. The Morgan fingerprint density at radius 1 is 0.927 bits per heavy atom. The number of hydrogen-bond donors (Lipinski definition) is 1. The van der Waals surface area contributed by atoms with Gasteiger partial charge in [-0.2, -0.15) is 0 Å². The SMILES string of the molecule is O=C(Cc1cccc(Br)c1)NC1N=C(c2ccccc2)c2ccccc2N(CC(=O)c2ccccc2[N+](=O)[O-])C1=O. The van der Waals surface area contributed by atoms with Crippen LogP contribution >= 0.6 is 15.9 Å². The summed E-state index contributed by atoms with van der Waals surface area (Å²) < 4.78 is 0.813. The molecule has 5 rings (SSSR count). The van der Waals surface area contributed by atoms with Gasteiger partial charge in [-0.15, -0.1) is 0 Å². The molecule has 1 N–H and O–H groups in total. The van der Waals surface area contributed by atoms with E-state index in [-0.39, 0.29) is 17.7 Å². The van der Waals surface area contributed by atoms with E-state index in [9.17, 15) is 24.5 Å².